The number of pyridine rings is 1. The zero-order valence-corrected chi connectivity index (χ0v) is 16.1. The van der Waals surface area contributed by atoms with Gasteiger partial charge in [-0.1, -0.05) is 17.7 Å². The first kappa shape index (κ1) is 18.6. The SMILES string of the molecule is Cc1ccc(NC(=O)c2cc(-c3cccnc3)n(-c3ccc(F)cc3)n2)c(C)c1. The number of hydrogen-bond acceptors (Lipinski definition) is 3. The van der Waals surface area contributed by atoms with Crippen molar-refractivity contribution in [1.82, 2.24) is 14.8 Å². The van der Waals surface area contributed by atoms with Gasteiger partial charge >= 0.3 is 0 Å². The number of aryl methyl sites for hydroxylation is 2. The first-order chi connectivity index (χ1) is 14.0. The van der Waals surface area contributed by atoms with Gasteiger partial charge in [0.15, 0.2) is 5.69 Å². The molecule has 2 aromatic carbocycles. The van der Waals surface area contributed by atoms with Crippen molar-refractivity contribution in [3.8, 4) is 16.9 Å². The predicted molar refractivity (Wildman–Crippen MR) is 111 cm³/mol. The van der Waals surface area contributed by atoms with Crippen LogP contribution in [0.2, 0.25) is 0 Å². The third kappa shape index (κ3) is 3.91. The van der Waals surface area contributed by atoms with Crippen LogP contribution < -0.4 is 5.32 Å². The number of carbonyl (C=O) groups excluding carboxylic acids is 1. The number of amides is 1. The molecule has 0 spiro atoms. The highest BCUT2D eigenvalue weighted by atomic mass is 19.1. The number of carbonyl (C=O) groups is 1. The largest absolute Gasteiger partial charge is 0.320 e. The van der Waals surface area contributed by atoms with Crippen LogP contribution >= 0.6 is 0 Å². The van der Waals surface area contributed by atoms with Crippen LogP contribution in [0.15, 0.2) is 73.1 Å². The number of benzene rings is 2. The first-order valence-electron chi connectivity index (χ1n) is 9.16. The average molecular weight is 386 g/mol. The quantitative estimate of drug-likeness (QED) is 0.540. The molecule has 144 valence electrons. The van der Waals surface area contributed by atoms with Crippen molar-refractivity contribution in [2.24, 2.45) is 0 Å². The van der Waals surface area contributed by atoms with Gasteiger partial charge in [0.05, 0.1) is 11.4 Å². The zero-order valence-electron chi connectivity index (χ0n) is 16.1. The number of anilines is 1. The average Bonchev–Trinajstić information content (AvgIpc) is 3.17. The summed E-state index contributed by atoms with van der Waals surface area (Å²) in [5.41, 5.74) is 5.23. The molecule has 1 N–H and O–H groups in total. The van der Waals surface area contributed by atoms with E-state index in [0.29, 0.717) is 11.4 Å². The summed E-state index contributed by atoms with van der Waals surface area (Å²) >= 11 is 0. The monoisotopic (exact) mass is 386 g/mol. The van der Waals surface area contributed by atoms with Crippen molar-refractivity contribution in [2.45, 2.75) is 13.8 Å². The van der Waals surface area contributed by atoms with Crippen molar-refractivity contribution in [3.63, 3.8) is 0 Å². The van der Waals surface area contributed by atoms with E-state index in [4.69, 9.17) is 0 Å². The van der Waals surface area contributed by atoms with E-state index < -0.39 is 0 Å². The Labute approximate surface area is 167 Å². The predicted octanol–water partition coefficient (Wildman–Crippen LogP) is 4.94. The molecule has 0 bridgehead atoms. The molecule has 0 saturated heterocycles. The van der Waals surface area contributed by atoms with Gasteiger partial charge < -0.3 is 5.32 Å². The van der Waals surface area contributed by atoms with Crippen LogP contribution in [0, 0.1) is 19.7 Å². The zero-order chi connectivity index (χ0) is 20.4. The summed E-state index contributed by atoms with van der Waals surface area (Å²) in [6.45, 7) is 3.95. The molecule has 2 aromatic heterocycles. The summed E-state index contributed by atoms with van der Waals surface area (Å²) < 4.78 is 15.0. The van der Waals surface area contributed by atoms with E-state index >= 15 is 0 Å². The van der Waals surface area contributed by atoms with E-state index in [1.807, 2.05) is 44.2 Å². The highest BCUT2D eigenvalue weighted by molar-refractivity contribution is 6.04. The number of halogens is 1. The van der Waals surface area contributed by atoms with Gasteiger partial charge in [-0.2, -0.15) is 5.10 Å². The normalized spacial score (nSPS) is 10.7. The second-order valence-electron chi connectivity index (χ2n) is 6.82. The van der Waals surface area contributed by atoms with Crippen LogP contribution in [-0.2, 0) is 0 Å². The Balaban J connectivity index is 1.74. The minimum Gasteiger partial charge on any atom is -0.320 e. The molecule has 0 fully saturated rings. The molecular weight excluding hydrogens is 367 g/mol. The molecular formula is C23H19FN4O. The van der Waals surface area contributed by atoms with Crippen LogP contribution in [0.1, 0.15) is 21.6 Å². The highest BCUT2D eigenvalue weighted by Gasteiger charge is 2.17. The first-order valence-corrected chi connectivity index (χ1v) is 9.16. The second kappa shape index (κ2) is 7.67. The van der Waals surface area contributed by atoms with E-state index in [1.165, 1.54) is 12.1 Å². The number of aromatic nitrogens is 3. The lowest BCUT2D eigenvalue weighted by Crippen LogP contribution is -2.14. The van der Waals surface area contributed by atoms with E-state index in [9.17, 15) is 9.18 Å². The lowest BCUT2D eigenvalue weighted by atomic mass is 10.1. The van der Waals surface area contributed by atoms with E-state index in [0.717, 1.165) is 22.4 Å². The van der Waals surface area contributed by atoms with E-state index in [-0.39, 0.29) is 17.4 Å². The number of nitrogens with one attached hydrogen (secondary N) is 1. The van der Waals surface area contributed by atoms with E-state index in [1.54, 1.807) is 35.3 Å². The topological polar surface area (TPSA) is 59.8 Å². The summed E-state index contributed by atoms with van der Waals surface area (Å²) in [5.74, 6) is -0.653. The van der Waals surface area contributed by atoms with Crippen LogP contribution in [0.4, 0.5) is 10.1 Å². The van der Waals surface area contributed by atoms with Gasteiger partial charge in [-0.3, -0.25) is 9.78 Å². The van der Waals surface area contributed by atoms with Crippen molar-refractivity contribution in [2.75, 3.05) is 5.32 Å². The highest BCUT2D eigenvalue weighted by Crippen LogP contribution is 2.24. The maximum atomic E-state index is 13.4. The molecule has 0 atom stereocenters. The fourth-order valence-corrected chi connectivity index (χ4v) is 3.13. The molecule has 1 amide bonds. The van der Waals surface area contributed by atoms with Crippen LogP contribution in [0.3, 0.4) is 0 Å². The van der Waals surface area contributed by atoms with Gasteiger partial charge in [-0.15, -0.1) is 0 Å². The molecule has 4 aromatic rings. The summed E-state index contributed by atoms with van der Waals surface area (Å²) in [6, 6.07) is 17.2. The Morgan fingerprint density at radius 3 is 2.52 bits per heavy atom. The molecule has 0 radical (unpaired) electrons. The molecule has 0 aliphatic heterocycles. The fourth-order valence-electron chi connectivity index (χ4n) is 3.13. The molecule has 29 heavy (non-hydrogen) atoms. The Hall–Kier alpha value is -3.80. The second-order valence-corrected chi connectivity index (χ2v) is 6.82. The van der Waals surface area contributed by atoms with Gasteiger partial charge in [0.2, 0.25) is 0 Å². The summed E-state index contributed by atoms with van der Waals surface area (Å²) in [6.07, 6.45) is 3.37. The molecule has 4 rings (SSSR count). The van der Waals surface area contributed by atoms with Gasteiger partial charge in [0, 0.05) is 23.6 Å². The minimum absolute atomic E-state index is 0.258. The Bertz CT molecular complexity index is 1170. The van der Waals surface area contributed by atoms with Crippen LogP contribution in [0.25, 0.3) is 16.9 Å². The molecule has 0 aliphatic carbocycles. The van der Waals surface area contributed by atoms with Crippen molar-refractivity contribution in [1.29, 1.82) is 0 Å². The third-order valence-electron chi connectivity index (χ3n) is 4.60. The molecule has 6 heteroatoms. The number of hydrogen-bond donors (Lipinski definition) is 1. The standard InChI is InChI=1S/C23H19FN4O/c1-15-5-10-20(16(2)12-15)26-23(29)21-13-22(17-4-3-11-25-14-17)28(27-21)19-8-6-18(24)7-9-19/h3-14H,1-2H3,(H,26,29). The minimum atomic E-state index is -0.336. The number of nitrogens with zero attached hydrogens (tertiary/aromatic N) is 3. The lowest BCUT2D eigenvalue weighted by Gasteiger charge is -2.08. The lowest BCUT2D eigenvalue weighted by molar-refractivity contribution is 0.102. The van der Waals surface area contributed by atoms with Gasteiger partial charge in [-0.25, -0.2) is 9.07 Å². The molecule has 0 unspecified atom stereocenters. The summed E-state index contributed by atoms with van der Waals surface area (Å²) in [5, 5.41) is 7.40. The van der Waals surface area contributed by atoms with Crippen LogP contribution in [0.5, 0.6) is 0 Å². The maximum Gasteiger partial charge on any atom is 0.276 e. The number of rotatable bonds is 4. The molecule has 2 heterocycles. The summed E-state index contributed by atoms with van der Waals surface area (Å²) in [4.78, 5) is 17.0. The van der Waals surface area contributed by atoms with E-state index in [2.05, 4.69) is 15.4 Å². The van der Waals surface area contributed by atoms with Crippen molar-refractivity contribution in [3.05, 3.63) is 95.7 Å². The van der Waals surface area contributed by atoms with Crippen molar-refractivity contribution < 1.29 is 9.18 Å². The molecule has 0 saturated carbocycles. The molecule has 0 aliphatic rings. The third-order valence-corrected chi connectivity index (χ3v) is 4.60. The molecule has 5 nitrogen and oxygen atoms in total. The van der Waals surface area contributed by atoms with Gasteiger partial charge in [0.25, 0.3) is 5.91 Å². The Morgan fingerprint density at radius 1 is 1.03 bits per heavy atom. The maximum absolute atomic E-state index is 13.4. The Morgan fingerprint density at radius 2 is 1.83 bits per heavy atom. The smallest absolute Gasteiger partial charge is 0.276 e. The van der Waals surface area contributed by atoms with Gasteiger partial charge in [0.1, 0.15) is 5.82 Å². The van der Waals surface area contributed by atoms with Gasteiger partial charge in [-0.05, 0) is 67.9 Å². The Kier molecular flexibility index (Phi) is 4.91. The van der Waals surface area contributed by atoms with Crippen molar-refractivity contribution >= 4 is 11.6 Å². The van der Waals surface area contributed by atoms with Crippen LogP contribution in [-0.4, -0.2) is 20.7 Å². The fraction of sp³-hybridized carbons (Fsp3) is 0.0870. The summed E-state index contributed by atoms with van der Waals surface area (Å²) in [7, 11) is 0.